The SMILES string of the molecule is CCCCCCC[C@@H](C)c1ccccc1F. The molecule has 0 heterocycles. The van der Waals surface area contributed by atoms with Crippen molar-refractivity contribution in [1.29, 1.82) is 0 Å². The summed E-state index contributed by atoms with van der Waals surface area (Å²) in [6.07, 6.45) is 7.53. The third kappa shape index (κ3) is 4.34. The molecule has 1 heteroatoms. The van der Waals surface area contributed by atoms with E-state index in [0.29, 0.717) is 5.92 Å². The second kappa shape index (κ2) is 7.43. The lowest BCUT2D eigenvalue weighted by atomic mass is 9.94. The van der Waals surface area contributed by atoms with E-state index in [9.17, 15) is 4.39 Å². The van der Waals surface area contributed by atoms with Crippen molar-refractivity contribution < 1.29 is 4.39 Å². The Hall–Kier alpha value is -0.850. The van der Waals surface area contributed by atoms with E-state index in [1.54, 1.807) is 12.1 Å². The summed E-state index contributed by atoms with van der Waals surface area (Å²) in [5, 5.41) is 0. The fraction of sp³-hybridized carbons (Fsp3) is 0.600. The normalized spacial score (nSPS) is 12.7. The second-order valence-electron chi connectivity index (χ2n) is 4.63. The molecule has 0 bridgehead atoms. The van der Waals surface area contributed by atoms with Crippen LogP contribution in [0.4, 0.5) is 4.39 Å². The van der Waals surface area contributed by atoms with Crippen LogP contribution in [0.3, 0.4) is 0 Å². The predicted octanol–water partition coefficient (Wildman–Crippen LogP) is 5.29. The molecule has 0 aliphatic carbocycles. The van der Waals surface area contributed by atoms with Gasteiger partial charge in [0.2, 0.25) is 0 Å². The predicted molar refractivity (Wildman–Crippen MR) is 68.2 cm³/mol. The van der Waals surface area contributed by atoms with Gasteiger partial charge in [-0.2, -0.15) is 0 Å². The minimum atomic E-state index is -0.0523. The minimum Gasteiger partial charge on any atom is -0.207 e. The van der Waals surface area contributed by atoms with Gasteiger partial charge in [-0.3, -0.25) is 0 Å². The first-order valence-corrected chi connectivity index (χ1v) is 6.50. The van der Waals surface area contributed by atoms with Crippen molar-refractivity contribution in [3.63, 3.8) is 0 Å². The fourth-order valence-corrected chi connectivity index (χ4v) is 2.08. The molecule has 0 spiro atoms. The molecule has 0 aromatic heterocycles. The average Bonchev–Trinajstić information content (AvgIpc) is 2.29. The van der Waals surface area contributed by atoms with Crippen molar-refractivity contribution in [3.8, 4) is 0 Å². The van der Waals surface area contributed by atoms with Gasteiger partial charge in [-0.05, 0) is 24.0 Å². The monoisotopic (exact) mass is 222 g/mol. The summed E-state index contributed by atoms with van der Waals surface area (Å²) in [7, 11) is 0. The van der Waals surface area contributed by atoms with E-state index in [1.165, 1.54) is 32.1 Å². The van der Waals surface area contributed by atoms with E-state index in [2.05, 4.69) is 13.8 Å². The van der Waals surface area contributed by atoms with Crippen LogP contribution in [0.15, 0.2) is 24.3 Å². The van der Waals surface area contributed by atoms with Gasteiger partial charge in [-0.1, -0.05) is 64.2 Å². The van der Waals surface area contributed by atoms with E-state index in [4.69, 9.17) is 0 Å². The molecule has 1 aromatic rings. The summed E-state index contributed by atoms with van der Waals surface area (Å²) in [5.41, 5.74) is 0.873. The van der Waals surface area contributed by atoms with Crippen molar-refractivity contribution in [2.75, 3.05) is 0 Å². The number of hydrogen-bond acceptors (Lipinski definition) is 0. The molecule has 0 unspecified atom stereocenters. The third-order valence-electron chi connectivity index (χ3n) is 3.18. The minimum absolute atomic E-state index is 0.0523. The Labute approximate surface area is 98.9 Å². The summed E-state index contributed by atoms with van der Waals surface area (Å²) >= 11 is 0. The van der Waals surface area contributed by atoms with Gasteiger partial charge in [0, 0.05) is 0 Å². The highest BCUT2D eigenvalue weighted by Crippen LogP contribution is 2.24. The van der Waals surface area contributed by atoms with Crippen LogP contribution in [0.1, 0.15) is 63.9 Å². The Balaban J connectivity index is 2.30. The first-order valence-electron chi connectivity index (χ1n) is 6.50. The van der Waals surface area contributed by atoms with Gasteiger partial charge in [0.1, 0.15) is 5.82 Å². The Morgan fingerprint density at radius 1 is 1.06 bits per heavy atom. The number of rotatable bonds is 7. The summed E-state index contributed by atoms with van der Waals surface area (Å²) < 4.78 is 13.5. The van der Waals surface area contributed by atoms with Crippen molar-refractivity contribution in [1.82, 2.24) is 0 Å². The molecule has 0 saturated carbocycles. The summed E-state index contributed by atoms with van der Waals surface area (Å²) in [6.45, 7) is 4.35. The molecule has 90 valence electrons. The van der Waals surface area contributed by atoms with Crippen LogP contribution in [0, 0.1) is 5.82 Å². The topological polar surface area (TPSA) is 0 Å². The standard InChI is InChI=1S/C15H23F/c1-3-4-5-6-7-10-13(2)14-11-8-9-12-15(14)16/h8-9,11-13H,3-7,10H2,1-2H3/t13-/m1/s1. The average molecular weight is 222 g/mol. The summed E-state index contributed by atoms with van der Waals surface area (Å²) in [4.78, 5) is 0. The molecule has 0 nitrogen and oxygen atoms in total. The van der Waals surface area contributed by atoms with Gasteiger partial charge in [0.15, 0.2) is 0 Å². The second-order valence-corrected chi connectivity index (χ2v) is 4.63. The zero-order valence-corrected chi connectivity index (χ0v) is 10.5. The van der Waals surface area contributed by atoms with Crippen molar-refractivity contribution in [2.45, 2.75) is 58.3 Å². The van der Waals surface area contributed by atoms with Crippen LogP contribution in [-0.2, 0) is 0 Å². The van der Waals surface area contributed by atoms with Crippen LogP contribution in [0.25, 0.3) is 0 Å². The summed E-state index contributed by atoms with van der Waals surface area (Å²) in [5.74, 6) is 0.298. The smallest absolute Gasteiger partial charge is 0.126 e. The van der Waals surface area contributed by atoms with Gasteiger partial charge < -0.3 is 0 Å². The molecule has 0 aliphatic heterocycles. The van der Waals surface area contributed by atoms with E-state index < -0.39 is 0 Å². The number of hydrogen-bond donors (Lipinski definition) is 0. The van der Waals surface area contributed by atoms with Gasteiger partial charge in [0.05, 0.1) is 0 Å². The molecule has 0 fully saturated rings. The zero-order valence-electron chi connectivity index (χ0n) is 10.5. The molecule has 16 heavy (non-hydrogen) atoms. The van der Waals surface area contributed by atoms with Crippen molar-refractivity contribution in [2.24, 2.45) is 0 Å². The van der Waals surface area contributed by atoms with E-state index in [1.807, 2.05) is 12.1 Å². The number of unbranched alkanes of at least 4 members (excludes halogenated alkanes) is 4. The molecule has 1 atom stereocenters. The number of halogens is 1. The highest BCUT2D eigenvalue weighted by molar-refractivity contribution is 5.20. The Kier molecular flexibility index (Phi) is 6.14. The van der Waals surface area contributed by atoms with Crippen LogP contribution >= 0.6 is 0 Å². The highest BCUT2D eigenvalue weighted by Gasteiger charge is 2.09. The van der Waals surface area contributed by atoms with Crippen LogP contribution in [0.2, 0.25) is 0 Å². The third-order valence-corrected chi connectivity index (χ3v) is 3.18. The lowest BCUT2D eigenvalue weighted by molar-refractivity contribution is 0.538. The van der Waals surface area contributed by atoms with Crippen molar-refractivity contribution in [3.05, 3.63) is 35.6 Å². The molecule has 0 radical (unpaired) electrons. The van der Waals surface area contributed by atoms with Crippen LogP contribution < -0.4 is 0 Å². The maximum atomic E-state index is 13.5. The van der Waals surface area contributed by atoms with Gasteiger partial charge in [0.25, 0.3) is 0 Å². The highest BCUT2D eigenvalue weighted by atomic mass is 19.1. The van der Waals surface area contributed by atoms with E-state index in [0.717, 1.165) is 12.0 Å². The van der Waals surface area contributed by atoms with E-state index in [-0.39, 0.29) is 5.82 Å². The molecule has 0 aliphatic rings. The van der Waals surface area contributed by atoms with Crippen LogP contribution in [-0.4, -0.2) is 0 Å². The molecule has 0 N–H and O–H groups in total. The van der Waals surface area contributed by atoms with Gasteiger partial charge in [-0.25, -0.2) is 4.39 Å². The molecule has 0 saturated heterocycles. The largest absolute Gasteiger partial charge is 0.207 e. The molecular weight excluding hydrogens is 199 g/mol. The fourth-order valence-electron chi connectivity index (χ4n) is 2.08. The van der Waals surface area contributed by atoms with Gasteiger partial charge >= 0.3 is 0 Å². The molecule has 1 aromatic carbocycles. The zero-order chi connectivity index (χ0) is 11.8. The Morgan fingerprint density at radius 3 is 2.44 bits per heavy atom. The molecular formula is C15H23F. The first-order chi connectivity index (χ1) is 7.75. The number of benzene rings is 1. The van der Waals surface area contributed by atoms with Gasteiger partial charge in [-0.15, -0.1) is 0 Å². The maximum absolute atomic E-state index is 13.5. The first kappa shape index (κ1) is 13.2. The van der Waals surface area contributed by atoms with Crippen LogP contribution in [0.5, 0.6) is 0 Å². The Morgan fingerprint density at radius 2 is 1.75 bits per heavy atom. The van der Waals surface area contributed by atoms with E-state index >= 15 is 0 Å². The summed E-state index contributed by atoms with van der Waals surface area (Å²) in [6, 6.07) is 7.15. The lowest BCUT2D eigenvalue weighted by Gasteiger charge is -2.12. The van der Waals surface area contributed by atoms with Crippen molar-refractivity contribution >= 4 is 0 Å². The molecule has 0 amide bonds. The maximum Gasteiger partial charge on any atom is 0.126 e. The lowest BCUT2D eigenvalue weighted by Crippen LogP contribution is -1.97. The Bertz CT molecular complexity index is 293. The quantitative estimate of drug-likeness (QED) is 0.550. The molecule has 1 rings (SSSR count).